The summed E-state index contributed by atoms with van der Waals surface area (Å²) < 4.78 is 62.9. The summed E-state index contributed by atoms with van der Waals surface area (Å²) in [5.74, 6) is -3.39. The molecule has 1 aromatic rings. The lowest BCUT2D eigenvalue weighted by Gasteiger charge is -2.21. The minimum absolute atomic E-state index is 0.459. The summed E-state index contributed by atoms with van der Waals surface area (Å²) in [5.41, 5.74) is 3.01. The summed E-state index contributed by atoms with van der Waals surface area (Å²) in [6.07, 6.45) is -9.12. The van der Waals surface area contributed by atoms with E-state index in [-0.39, 0.29) is 0 Å². The summed E-state index contributed by atoms with van der Waals surface area (Å²) in [7, 11) is 0. The van der Waals surface area contributed by atoms with Gasteiger partial charge < -0.3 is 20.5 Å². The second-order valence-electron chi connectivity index (χ2n) is 7.00. The molecule has 0 bridgehead atoms. The number of hydrogen-bond donors (Lipinski definition) is 2. The number of ether oxygens (including phenoxy) is 2. The molecule has 11 heteroatoms. The molecule has 7 nitrogen and oxygen atoms in total. The molecule has 0 heterocycles. The number of benzene rings is 1. The number of rotatable bonds is 8. The Kier molecular flexibility index (Phi) is 8.61. The number of carbonyl (C=O) groups excluding carboxylic acids is 3. The van der Waals surface area contributed by atoms with Crippen LogP contribution in [0.3, 0.4) is 0 Å². The maximum Gasteiger partial charge on any atom is 0.418 e. The molecule has 0 spiro atoms. The number of nitrogen functional groups attached to an aromatic ring is 1. The van der Waals surface area contributed by atoms with Crippen LogP contribution in [0.1, 0.15) is 50.0 Å². The van der Waals surface area contributed by atoms with Crippen molar-refractivity contribution in [3.63, 3.8) is 0 Å². The Balaban J connectivity index is 3.07. The van der Waals surface area contributed by atoms with Crippen molar-refractivity contribution >= 4 is 23.5 Å². The predicted molar refractivity (Wildman–Crippen MR) is 99.1 cm³/mol. The van der Waals surface area contributed by atoms with Gasteiger partial charge in [0.1, 0.15) is 6.04 Å². The molecular weight excluding hydrogens is 412 g/mol. The molecule has 0 radical (unpaired) electrons. The fraction of sp³-hybridized carbons (Fsp3) is 0.526. The molecule has 0 fully saturated rings. The molecule has 1 aromatic carbocycles. The van der Waals surface area contributed by atoms with Crippen LogP contribution in [0, 0.1) is 0 Å². The van der Waals surface area contributed by atoms with E-state index in [1.807, 2.05) is 0 Å². The van der Waals surface area contributed by atoms with Gasteiger partial charge in [-0.05, 0) is 45.9 Å². The first-order valence-corrected chi connectivity index (χ1v) is 9.05. The van der Waals surface area contributed by atoms with Crippen molar-refractivity contribution in [1.29, 1.82) is 0 Å². The third-order valence-corrected chi connectivity index (χ3v) is 3.61. The highest BCUT2D eigenvalue weighted by molar-refractivity contribution is 5.97. The standard InChI is InChI=1S/C19H24F4N2O5/c1-9(2)29-17(27)13(20)8-15(18(28)30-10(3)4)25-16(26)11-5-6-14(24)12(7-11)19(21,22)23/h5-7,9-10,13,15H,8,24H2,1-4H3,(H,25,26)/t13-,15+/m1/s1. The highest BCUT2D eigenvalue weighted by atomic mass is 19.4. The fourth-order valence-corrected chi connectivity index (χ4v) is 2.32. The highest BCUT2D eigenvalue weighted by Crippen LogP contribution is 2.34. The number of alkyl halides is 4. The van der Waals surface area contributed by atoms with Gasteiger partial charge >= 0.3 is 18.1 Å². The predicted octanol–water partition coefficient (Wildman–Crippen LogP) is 3.02. The van der Waals surface area contributed by atoms with E-state index in [0.717, 1.165) is 12.1 Å². The fourth-order valence-electron chi connectivity index (χ4n) is 2.32. The van der Waals surface area contributed by atoms with E-state index in [4.69, 9.17) is 15.2 Å². The van der Waals surface area contributed by atoms with Crippen molar-refractivity contribution < 1.29 is 41.4 Å². The number of esters is 2. The Hall–Kier alpha value is -2.85. The summed E-state index contributed by atoms with van der Waals surface area (Å²) >= 11 is 0. The summed E-state index contributed by atoms with van der Waals surface area (Å²) in [4.78, 5) is 36.3. The van der Waals surface area contributed by atoms with Gasteiger partial charge in [-0.1, -0.05) is 0 Å². The summed E-state index contributed by atoms with van der Waals surface area (Å²) in [5, 5.41) is 2.11. The number of nitrogens with one attached hydrogen (secondary N) is 1. The van der Waals surface area contributed by atoms with Crippen molar-refractivity contribution in [1.82, 2.24) is 5.32 Å². The highest BCUT2D eigenvalue weighted by Gasteiger charge is 2.35. The molecule has 168 valence electrons. The Morgan fingerprint density at radius 2 is 1.57 bits per heavy atom. The molecule has 0 aliphatic rings. The Morgan fingerprint density at radius 3 is 2.07 bits per heavy atom. The van der Waals surface area contributed by atoms with Crippen LogP contribution >= 0.6 is 0 Å². The third kappa shape index (κ3) is 7.53. The maximum atomic E-state index is 14.2. The van der Waals surface area contributed by atoms with Crippen molar-refractivity contribution in [3.05, 3.63) is 29.3 Å². The lowest BCUT2D eigenvalue weighted by Crippen LogP contribution is -2.45. The van der Waals surface area contributed by atoms with E-state index in [1.54, 1.807) is 0 Å². The zero-order valence-corrected chi connectivity index (χ0v) is 16.9. The van der Waals surface area contributed by atoms with Crippen LogP contribution in [-0.4, -0.2) is 42.3 Å². The van der Waals surface area contributed by atoms with Crippen LogP contribution in [-0.2, 0) is 25.2 Å². The monoisotopic (exact) mass is 436 g/mol. The smallest absolute Gasteiger partial charge is 0.418 e. The van der Waals surface area contributed by atoms with Crippen molar-refractivity contribution in [3.8, 4) is 0 Å². The maximum absolute atomic E-state index is 14.2. The van der Waals surface area contributed by atoms with Crippen LogP contribution in [0.4, 0.5) is 23.2 Å². The first-order valence-electron chi connectivity index (χ1n) is 9.05. The van der Waals surface area contributed by atoms with Gasteiger partial charge in [0, 0.05) is 17.7 Å². The SMILES string of the molecule is CC(C)OC(=O)[C@H](F)C[C@H](NC(=O)c1ccc(N)c(C(F)(F)F)c1)C(=O)OC(C)C. The van der Waals surface area contributed by atoms with Gasteiger partial charge in [-0.15, -0.1) is 0 Å². The van der Waals surface area contributed by atoms with Gasteiger partial charge in [0.2, 0.25) is 0 Å². The van der Waals surface area contributed by atoms with E-state index < -0.39 is 71.7 Å². The van der Waals surface area contributed by atoms with Crippen molar-refractivity contribution in [2.45, 2.75) is 64.7 Å². The molecule has 0 saturated heterocycles. The first-order chi connectivity index (χ1) is 13.7. The molecule has 0 aliphatic carbocycles. The normalized spacial score (nSPS) is 13.7. The molecule has 1 rings (SSSR count). The second-order valence-corrected chi connectivity index (χ2v) is 7.00. The largest absolute Gasteiger partial charge is 0.461 e. The van der Waals surface area contributed by atoms with Crippen LogP contribution in [0.5, 0.6) is 0 Å². The van der Waals surface area contributed by atoms with Crippen LogP contribution < -0.4 is 11.1 Å². The average molecular weight is 436 g/mol. The molecular formula is C19H24F4N2O5. The van der Waals surface area contributed by atoms with Gasteiger partial charge in [0.05, 0.1) is 17.8 Å². The van der Waals surface area contributed by atoms with E-state index in [2.05, 4.69) is 5.32 Å². The molecule has 30 heavy (non-hydrogen) atoms. The average Bonchev–Trinajstić information content (AvgIpc) is 2.58. The molecule has 0 aliphatic heterocycles. The molecule has 3 N–H and O–H groups in total. The summed E-state index contributed by atoms with van der Waals surface area (Å²) in [6, 6.07) is 0.776. The van der Waals surface area contributed by atoms with Gasteiger partial charge in [0.25, 0.3) is 5.91 Å². The lowest BCUT2D eigenvalue weighted by molar-refractivity contribution is -0.156. The third-order valence-electron chi connectivity index (χ3n) is 3.61. The molecule has 2 atom stereocenters. The molecule has 1 amide bonds. The van der Waals surface area contributed by atoms with Gasteiger partial charge in [-0.2, -0.15) is 13.2 Å². The second kappa shape index (κ2) is 10.3. The minimum atomic E-state index is -4.80. The lowest BCUT2D eigenvalue weighted by atomic mass is 10.1. The number of anilines is 1. The van der Waals surface area contributed by atoms with Crippen molar-refractivity contribution in [2.24, 2.45) is 0 Å². The quantitative estimate of drug-likeness (QED) is 0.369. The Bertz CT molecular complexity index is 781. The number of nitrogens with two attached hydrogens (primary N) is 1. The number of hydrogen-bond acceptors (Lipinski definition) is 6. The number of carbonyl (C=O) groups is 3. The van der Waals surface area contributed by atoms with Gasteiger partial charge in [-0.3, -0.25) is 4.79 Å². The van der Waals surface area contributed by atoms with E-state index in [0.29, 0.717) is 6.07 Å². The minimum Gasteiger partial charge on any atom is -0.461 e. The summed E-state index contributed by atoms with van der Waals surface area (Å²) in [6.45, 7) is 6.01. The van der Waals surface area contributed by atoms with Gasteiger partial charge in [0.15, 0.2) is 6.17 Å². The molecule has 0 aromatic heterocycles. The Labute approximate surface area is 170 Å². The van der Waals surface area contributed by atoms with Crippen LogP contribution in [0.15, 0.2) is 18.2 Å². The topological polar surface area (TPSA) is 108 Å². The zero-order valence-electron chi connectivity index (χ0n) is 16.9. The number of amides is 1. The molecule has 0 saturated carbocycles. The Morgan fingerprint density at radius 1 is 1.03 bits per heavy atom. The van der Waals surface area contributed by atoms with E-state index in [1.165, 1.54) is 27.7 Å². The van der Waals surface area contributed by atoms with Gasteiger partial charge in [-0.25, -0.2) is 14.0 Å². The molecule has 0 unspecified atom stereocenters. The van der Waals surface area contributed by atoms with Crippen LogP contribution in [0.25, 0.3) is 0 Å². The number of halogens is 4. The van der Waals surface area contributed by atoms with Crippen LogP contribution in [0.2, 0.25) is 0 Å². The van der Waals surface area contributed by atoms with E-state index >= 15 is 0 Å². The van der Waals surface area contributed by atoms with E-state index in [9.17, 15) is 31.9 Å². The van der Waals surface area contributed by atoms with Crippen molar-refractivity contribution in [2.75, 3.05) is 5.73 Å². The first kappa shape index (κ1) is 25.2. The zero-order chi connectivity index (χ0) is 23.2.